The molecule has 0 saturated heterocycles. The highest BCUT2D eigenvalue weighted by atomic mass is 19.4. The van der Waals surface area contributed by atoms with Crippen LogP contribution in [0.4, 0.5) is 18.0 Å². The number of hydrogen-bond acceptors (Lipinski definition) is 2. The topological polar surface area (TPSA) is 50.4 Å². The molecule has 7 heteroatoms. The maximum atomic E-state index is 12.4. The number of urea groups is 1. The van der Waals surface area contributed by atoms with Crippen molar-refractivity contribution in [3.8, 4) is 5.75 Å². The number of hydrogen-bond donors (Lipinski definition) is 2. The summed E-state index contributed by atoms with van der Waals surface area (Å²) in [6.45, 7) is 3.69. The first kappa shape index (κ1) is 18.6. The van der Waals surface area contributed by atoms with Crippen LogP contribution >= 0.6 is 0 Å². The Kier molecular flexibility index (Phi) is 5.90. The summed E-state index contributed by atoms with van der Waals surface area (Å²) in [5.41, 5.74) is 2.25. The molecule has 2 aromatic rings. The van der Waals surface area contributed by atoms with Crippen molar-refractivity contribution in [3.05, 3.63) is 65.2 Å². The Morgan fingerprint density at radius 3 is 2.44 bits per heavy atom. The quantitative estimate of drug-likeness (QED) is 0.835. The van der Waals surface area contributed by atoms with E-state index < -0.39 is 12.4 Å². The van der Waals surface area contributed by atoms with Gasteiger partial charge in [0.1, 0.15) is 5.75 Å². The second kappa shape index (κ2) is 7.92. The molecule has 134 valence electrons. The molecule has 2 rings (SSSR count). The van der Waals surface area contributed by atoms with E-state index in [1.165, 1.54) is 18.2 Å². The molecule has 0 aliphatic rings. The third-order valence-corrected chi connectivity index (χ3v) is 3.64. The Morgan fingerprint density at radius 1 is 1.12 bits per heavy atom. The Labute approximate surface area is 144 Å². The van der Waals surface area contributed by atoms with Crippen molar-refractivity contribution in [3.63, 3.8) is 0 Å². The third-order valence-electron chi connectivity index (χ3n) is 3.64. The van der Waals surface area contributed by atoms with Gasteiger partial charge < -0.3 is 15.4 Å². The number of ether oxygens (including phenoxy) is 1. The predicted molar refractivity (Wildman–Crippen MR) is 88.1 cm³/mol. The van der Waals surface area contributed by atoms with Crippen LogP contribution in [0.1, 0.15) is 29.7 Å². The second-order valence-electron chi connectivity index (χ2n) is 5.56. The van der Waals surface area contributed by atoms with Crippen molar-refractivity contribution in [1.82, 2.24) is 10.6 Å². The van der Waals surface area contributed by atoms with Gasteiger partial charge in [-0.15, -0.1) is 13.2 Å². The fraction of sp³-hybridized carbons (Fsp3) is 0.278. The predicted octanol–water partition coefficient (Wildman–Crippen LogP) is 4.45. The molecule has 0 aliphatic carbocycles. The summed E-state index contributed by atoms with van der Waals surface area (Å²) in [6, 6.07) is 12.6. The lowest BCUT2D eigenvalue weighted by Crippen LogP contribution is -2.37. The van der Waals surface area contributed by atoms with Crippen LogP contribution < -0.4 is 15.4 Å². The Balaban J connectivity index is 1.95. The highest BCUT2D eigenvalue weighted by Gasteiger charge is 2.32. The number of amides is 2. The van der Waals surface area contributed by atoms with Crippen molar-refractivity contribution in [2.45, 2.75) is 32.8 Å². The van der Waals surface area contributed by atoms with Gasteiger partial charge in [-0.05, 0) is 31.0 Å². The summed E-state index contributed by atoms with van der Waals surface area (Å²) in [7, 11) is 0. The molecule has 25 heavy (non-hydrogen) atoms. The van der Waals surface area contributed by atoms with E-state index in [0.717, 1.165) is 11.1 Å². The van der Waals surface area contributed by atoms with Crippen LogP contribution in [-0.4, -0.2) is 12.4 Å². The van der Waals surface area contributed by atoms with Gasteiger partial charge in [0.15, 0.2) is 0 Å². The lowest BCUT2D eigenvalue weighted by atomic mass is 10.0. The van der Waals surface area contributed by atoms with Gasteiger partial charge in [-0.25, -0.2) is 4.79 Å². The molecule has 4 nitrogen and oxygen atoms in total. The van der Waals surface area contributed by atoms with Gasteiger partial charge in [-0.1, -0.05) is 42.5 Å². The van der Waals surface area contributed by atoms with Crippen molar-refractivity contribution in [2.75, 3.05) is 0 Å². The number of aryl methyl sites for hydroxylation is 1. The van der Waals surface area contributed by atoms with Gasteiger partial charge in [0.25, 0.3) is 0 Å². The minimum absolute atomic E-state index is 0.0847. The molecular weight excluding hydrogens is 333 g/mol. The number of carbonyl (C=O) groups is 1. The fourth-order valence-corrected chi connectivity index (χ4v) is 2.45. The summed E-state index contributed by atoms with van der Waals surface area (Å²) in [5, 5.41) is 5.31. The molecule has 2 amide bonds. The Morgan fingerprint density at radius 2 is 1.76 bits per heavy atom. The molecule has 0 saturated carbocycles. The number of para-hydroxylation sites is 1. The van der Waals surface area contributed by atoms with Gasteiger partial charge >= 0.3 is 12.4 Å². The third kappa shape index (κ3) is 5.70. The number of nitrogens with one attached hydrogen (secondary N) is 2. The van der Waals surface area contributed by atoms with Gasteiger partial charge in [0.05, 0.1) is 6.04 Å². The number of alkyl halides is 3. The molecule has 1 atom stereocenters. The van der Waals surface area contributed by atoms with E-state index in [1.807, 2.05) is 38.1 Å². The molecule has 0 fully saturated rings. The maximum absolute atomic E-state index is 12.4. The van der Waals surface area contributed by atoms with E-state index in [9.17, 15) is 18.0 Å². The van der Waals surface area contributed by atoms with Crippen molar-refractivity contribution in [2.24, 2.45) is 0 Å². The largest absolute Gasteiger partial charge is 0.573 e. The average Bonchev–Trinajstić information content (AvgIpc) is 2.53. The second-order valence-corrected chi connectivity index (χ2v) is 5.56. The lowest BCUT2D eigenvalue weighted by Gasteiger charge is -2.18. The highest BCUT2D eigenvalue weighted by Crippen LogP contribution is 2.26. The minimum Gasteiger partial charge on any atom is -0.405 e. The first-order valence-corrected chi connectivity index (χ1v) is 7.70. The van der Waals surface area contributed by atoms with E-state index >= 15 is 0 Å². The van der Waals surface area contributed by atoms with Crippen molar-refractivity contribution < 1.29 is 22.7 Å². The molecule has 0 aliphatic heterocycles. The van der Waals surface area contributed by atoms with Crippen LogP contribution in [-0.2, 0) is 6.54 Å². The van der Waals surface area contributed by atoms with E-state index in [2.05, 4.69) is 15.4 Å². The summed E-state index contributed by atoms with van der Waals surface area (Å²) >= 11 is 0. The first-order valence-electron chi connectivity index (χ1n) is 7.70. The maximum Gasteiger partial charge on any atom is 0.573 e. The van der Waals surface area contributed by atoms with E-state index in [4.69, 9.17) is 0 Å². The number of carbonyl (C=O) groups excluding carboxylic acids is 1. The van der Waals surface area contributed by atoms with Crippen LogP contribution in [0.15, 0.2) is 48.5 Å². The highest BCUT2D eigenvalue weighted by molar-refractivity contribution is 5.74. The van der Waals surface area contributed by atoms with Gasteiger partial charge in [0.2, 0.25) is 0 Å². The number of rotatable bonds is 5. The van der Waals surface area contributed by atoms with Crippen LogP contribution in [0.3, 0.4) is 0 Å². The van der Waals surface area contributed by atoms with Crippen LogP contribution in [0, 0.1) is 6.92 Å². The first-order chi connectivity index (χ1) is 11.8. The summed E-state index contributed by atoms with van der Waals surface area (Å²) < 4.78 is 41.1. The lowest BCUT2D eigenvalue weighted by molar-refractivity contribution is -0.274. The minimum atomic E-state index is -4.78. The SMILES string of the molecule is Cc1ccccc1[C@H](C)NC(=O)NCc1ccccc1OC(F)(F)F. The van der Waals surface area contributed by atoms with Gasteiger partial charge in [0, 0.05) is 12.1 Å². The molecule has 0 unspecified atom stereocenters. The van der Waals surface area contributed by atoms with Gasteiger partial charge in [-0.3, -0.25) is 0 Å². The summed E-state index contributed by atoms with van der Waals surface area (Å²) in [4.78, 5) is 12.0. The monoisotopic (exact) mass is 352 g/mol. The molecule has 0 heterocycles. The standard InChI is InChI=1S/C18H19F3N2O2/c1-12-7-3-5-9-15(12)13(2)23-17(24)22-11-14-8-4-6-10-16(14)25-18(19,20)21/h3-10,13H,11H2,1-2H3,(H2,22,23,24)/t13-/m0/s1. The molecule has 2 N–H and O–H groups in total. The zero-order valence-electron chi connectivity index (χ0n) is 13.9. The Bertz CT molecular complexity index is 732. The molecule has 2 aromatic carbocycles. The van der Waals surface area contributed by atoms with Crippen LogP contribution in [0.2, 0.25) is 0 Å². The average molecular weight is 352 g/mol. The normalized spacial score (nSPS) is 12.4. The number of benzene rings is 2. The van der Waals surface area contributed by atoms with E-state index in [1.54, 1.807) is 6.07 Å². The summed E-state index contributed by atoms with van der Waals surface area (Å²) in [5.74, 6) is -0.331. The van der Waals surface area contributed by atoms with Crippen molar-refractivity contribution >= 4 is 6.03 Å². The molecule has 0 radical (unpaired) electrons. The molecular formula is C18H19F3N2O2. The molecule has 0 spiro atoms. The molecule has 0 bridgehead atoms. The smallest absolute Gasteiger partial charge is 0.405 e. The fourth-order valence-electron chi connectivity index (χ4n) is 2.45. The number of halogens is 3. The Hall–Kier alpha value is -2.70. The van der Waals surface area contributed by atoms with Crippen LogP contribution in [0.5, 0.6) is 5.75 Å². The zero-order valence-corrected chi connectivity index (χ0v) is 13.9. The van der Waals surface area contributed by atoms with Gasteiger partial charge in [-0.2, -0.15) is 0 Å². The van der Waals surface area contributed by atoms with E-state index in [0.29, 0.717) is 0 Å². The van der Waals surface area contributed by atoms with Crippen LogP contribution in [0.25, 0.3) is 0 Å². The zero-order chi connectivity index (χ0) is 18.4. The summed E-state index contributed by atoms with van der Waals surface area (Å²) in [6.07, 6.45) is -4.78. The molecule has 0 aromatic heterocycles. The van der Waals surface area contributed by atoms with E-state index in [-0.39, 0.29) is 23.9 Å². The van der Waals surface area contributed by atoms with Crippen molar-refractivity contribution in [1.29, 1.82) is 0 Å².